The normalized spacial score (nSPS) is 13.5. The Balaban J connectivity index is 1.64. The molecule has 7 heteroatoms. The van der Waals surface area contributed by atoms with Crippen molar-refractivity contribution in [3.05, 3.63) is 59.7 Å². The Morgan fingerprint density at radius 2 is 1.67 bits per heavy atom. The molecule has 6 nitrogen and oxygen atoms in total. The number of carboxylic acid groups (broad SMARTS) is 1. The number of amides is 1. The average molecular weight is 373 g/mol. The van der Waals surface area contributed by atoms with Gasteiger partial charge >= 0.3 is 12.1 Å². The van der Waals surface area contributed by atoms with Gasteiger partial charge in [0, 0.05) is 5.92 Å². The third kappa shape index (κ3) is 4.25. The van der Waals surface area contributed by atoms with Crippen LogP contribution in [0.2, 0.25) is 0 Å². The molecule has 1 aliphatic carbocycles. The lowest BCUT2D eigenvalue weighted by molar-refractivity contribution is -0.141. The molecule has 0 fully saturated rings. The van der Waals surface area contributed by atoms with Crippen molar-refractivity contribution in [3.63, 3.8) is 0 Å². The molecular weight excluding hydrogens is 353 g/mol. The highest BCUT2D eigenvalue weighted by Crippen LogP contribution is 2.44. The van der Waals surface area contributed by atoms with Gasteiger partial charge in [-0.05, 0) is 22.3 Å². The number of carbonyl (C=O) groups excluding carboxylic acids is 1. The van der Waals surface area contributed by atoms with E-state index in [1.54, 1.807) is 0 Å². The van der Waals surface area contributed by atoms with E-state index in [0.29, 0.717) is 0 Å². The Morgan fingerprint density at radius 1 is 1.07 bits per heavy atom. The number of hydrogen-bond donors (Lipinski definition) is 2. The molecule has 2 N–H and O–H groups in total. The number of benzene rings is 2. The molecule has 0 aliphatic heterocycles. The molecule has 142 valence electrons. The van der Waals surface area contributed by atoms with E-state index in [-0.39, 0.29) is 25.7 Å². The summed E-state index contributed by atoms with van der Waals surface area (Å²) in [5.41, 5.74) is 4.33. The minimum Gasteiger partial charge on any atom is -0.480 e. The van der Waals surface area contributed by atoms with E-state index < -0.39 is 24.8 Å². The first-order valence-corrected chi connectivity index (χ1v) is 8.60. The number of alkyl halides is 1. The van der Waals surface area contributed by atoms with Gasteiger partial charge in [-0.3, -0.25) is 0 Å². The van der Waals surface area contributed by atoms with Gasteiger partial charge in [0.2, 0.25) is 0 Å². The smallest absolute Gasteiger partial charge is 0.407 e. The van der Waals surface area contributed by atoms with E-state index in [9.17, 15) is 14.0 Å². The van der Waals surface area contributed by atoms with E-state index in [1.165, 1.54) is 0 Å². The van der Waals surface area contributed by atoms with E-state index in [0.717, 1.165) is 22.3 Å². The quantitative estimate of drug-likeness (QED) is 0.695. The summed E-state index contributed by atoms with van der Waals surface area (Å²) in [6, 6.07) is 14.5. The van der Waals surface area contributed by atoms with E-state index in [4.69, 9.17) is 14.6 Å². The highest BCUT2D eigenvalue weighted by atomic mass is 19.1. The lowest BCUT2D eigenvalue weighted by Crippen LogP contribution is -2.44. The van der Waals surface area contributed by atoms with Crippen LogP contribution in [0.15, 0.2) is 48.5 Å². The zero-order chi connectivity index (χ0) is 19.2. The molecular formula is C20H20FNO5. The summed E-state index contributed by atoms with van der Waals surface area (Å²) in [7, 11) is 0. The Labute approximate surface area is 155 Å². The van der Waals surface area contributed by atoms with Gasteiger partial charge in [-0.2, -0.15) is 0 Å². The molecule has 0 bridgehead atoms. The number of rotatable bonds is 8. The number of ether oxygens (including phenoxy) is 2. The number of fused-ring (bicyclic) bond motifs is 3. The van der Waals surface area contributed by atoms with Crippen molar-refractivity contribution in [2.75, 3.05) is 26.5 Å². The molecule has 1 aliphatic rings. The second kappa shape index (κ2) is 8.64. The first-order valence-electron chi connectivity index (χ1n) is 8.60. The average Bonchev–Trinajstić information content (AvgIpc) is 2.99. The van der Waals surface area contributed by atoms with Crippen molar-refractivity contribution < 1.29 is 28.6 Å². The third-order valence-electron chi connectivity index (χ3n) is 4.44. The molecule has 2 aromatic carbocycles. The van der Waals surface area contributed by atoms with Crippen molar-refractivity contribution in [2.24, 2.45) is 0 Å². The molecule has 3 rings (SSSR count). The maximum absolute atomic E-state index is 12.1. The maximum atomic E-state index is 12.1. The summed E-state index contributed by atoms with van der Waals surface area (Å²) in [5.74, 6) is -1.39. The Hall–Kier alpha value is -2.93. The van der Waals surface area contributed by atoms with Gasteiger partial charge < -0.3 is 19.9 Å². The number of nitrogens with one attached hydrogen (secondary N) is 1. The maximum Gasteiger partial charge on any atom is 0.407 e. The number of hydrogen-bond acceptors (Lipinski definition) is 4. The summed E-state index contributed by atoms with van der Waals surface area (Å²) in [5, 5.41) is 11.4. The second-order valence-electron chi connectivity index (χ2n) is 6.12. The summed E-state index contributed by atoms with van der Waals surface area (Å²) in [6.07, 6.45) is -0.854. The fourth-order valence-corrected chi connectivity index (χ4v) is 3.21. The fourth-order valence-electron chi connectivity index (χ4n) is 3.21. The standard InChI is InChI=1S/C20H20FNO5/c21-9-10-26-12-18(19(23)24)22-20(25)27-11-17-15-7-3-1-5-13(15)14-6-2-4-8-16(14)17/h1-8,17-18H,9-12H2,(H,22,25)(H,23,24)/t18-/m0/s1. The van der Waals surface area contributed by atoms with Crippen molar-refractivity contribution in [1.29, 1.82) is 0 Å². The molecule has 0 aromatic heterocycles. The van der Waals surface area contributed by atoms with Crippen molar-refractivity contribution in [3.8, 4) is 11.1 Å². The first kappa shape index (κ1) is 18.8. The molecule has 0 heterocycles. The molecule has 1 amide bonds. The number of halogens is 1. The van der Waals surface area contributed by atoms with Crippen LogP contribution < -0.4 is 5.32 Å². The van der Waals surface area contributed by atoms with Crippen molar-refractivity contribution in [2.45, 2.75) is 12.0 Å². The zero-order valence-electron chi connectivity index (χ0n) is 14.6. The van der Waals surface area contributed by atoms with Gasteiger partial charge in [0.1, 0.15) is 13.3 Å². The van der Waals surface area contributed by atoms with E-state index >= 15 is 0 Å². The van der Waals surface area contributed by atoms with Gasteiger partial charge in [0.05, 0.1) is 13.2 Å². The van der Waals surface area contributed by atoms with Gasteiger partial charge in [0.25, 0.3) is 0 Å². The van der Waals surface area contributed by atoms with Crippen LogP contribution in [-0.2, 0) is 14.3 Å². The van der Waals surface area contributed by atoms with Crippen LogP contribution in [-0.4, -0.2) is 49.7 Å². The van der Waals surface area contributed by atoms with Gasteiger partial charge in [-0.25, -0.2) is 14.0 Å². The molecule has 0 saturated carbocycles. The second-order valence-corrected chi connectivity index (χ2v) is 6.12. The van der Waals surface area contributed by atoms with Crippen LogP contribution in [0.25, 0.3) is 11.1 Å². The summed E-state index contributed by atoms with van der Waals surface area (Å²) in [6.45, 7) is -1.20. The monoisotopic (exact) mass is 373 g/mol. The first-order chi connectivity index (χ1) is 13.1. The Morgan fingerprint density at radius 3 is 2.22 bits per heavy atom. The SMILES string of the molecule is O=C(N[C@@H](COCCF)C(=O)O)OCC1c2ccccc2-c2ccccc21. The van der Waals surface area contributed by atoms with Crippen LogP contribution in [0.1, 0.15) is 17.0 Å². The van der Waals surface area contributed by atoms with Crippen LogP contribution in [0.4, 0.5) is 9.18 Å². The molecule has 0 unspecified atom stereocenters. The van der Waals surface area contributed by atoms with Crippen LogP contribution in [0.5, 0.6) is 0 Å². The molecule has 27 heavy (non-hydrogen) atoms. The van der Waals surface area contributed by atoms with Crippen LogP contribution in [0.3, 0.4) is 0 Å². The summed E-state index contributed by atoms with van der Waals surface area (Å²) < 4.78 is 22.2. The van der Waals surface area contributed by atoms with Crippen LogP contribution in [0, 0.1) is 0 Å². The largest absolute Gasteiger partial charge is 0.480 e. The van der Waals surface area contributed by atoms with Crippen LogP contribution >= 0.6 is 0 Å². The Kier molecular flexibility index (Phi) is 6.03. The minimum absolute atomic E-state index is 0.0809. The molecule has 1 atom stereocenters. The highest BCUT2D eigenvalue weighted by Gasteiger charge is 2.29. The minimum atomic E-state index is -1.30. The van der Waals surface area contributed by atoms with E-state index in [2.05, 4.69) is 5.32 Å². The fraction of sp³-hybridized carbons (Fsp3) is 0.300. The molecule has 0 spiro atoms. The molecule has 0 radical (unpaired) electrons. The topological polar surface area (TPSA) is 84.9 Å². The van der Waals surface area contributed by atoms with E-state index in [1.807, 2.05) is 48.5 Å². The number of aliphatic carboxylic acids is 1. The lowest BCUT2D eigenvalue weighted by atomic mass is 9.98. The predicted octanol–water partition coefficient (Wildman–Crippen LogP) is 2.96. The lowest BCUT2D eigenvalue weighted by Gasteiger charge is -2.17. The Bertz CT molecular complexity index is 780. The number of alkyl carbamates (subject to hydrolysis) is 1. The summed E-state index contributed by atoms with van der Waals surface area (Å²) in [4.78, 5) is 23.2. The van der Waals surface area contributed by atoms with Gasteiger partial charge in [-0.15, -0.1) is 0 Å². The molecule has 0 saturated heterocycles. The number of carbonyl (C=O) groups is 2. The van der Waals surface area contributed by atoms with Crippen molar-refractivity contribution >= 4 is 12.1 Å². The zero-order valence-corrected chi connectivity index (χ0v) is 14.6. The summed E-state index contributed by atoms with van der Waals surface area (Å²) >= 11 is 0. The van der Waals surface area contributed by atoms with Gasteiger partial charge in [0.15, 0.2) is 6.04 Å². The van der Waals surface area contributed by atoms with Crippen molar-refractivity contribution in [1.82, 2.24) is 5.32 Å². The number of carboxylic acids is 1. The highest BCUT2D eigenvalue weighted by molar-refractivity contribution is 5.81. The molecule has 2 aromatic rings. The predicted molar refractivity (Wildman–Crippen MR) is 96.4 cm³/mol. The van der Waals surface area contributed by atoms with Gasteiger partial charge in [-0.1, -0.05) is 48.5 Å². The third-order valence-corrected chi connectivity index (χ3v) is 4.44.